The Morgan fingerprint density at radius 2 is 1.93 bits per heavy atom. The Morgan fingerprint density at radius 1 is 1.07 bits per heavy atom. The average molecular weight is 450 g/mol. The van der Waals surface area contributed by atoms with Crippen molar-refractivity contribution in [1.82, 2.24) is 30.2 Å². The van der Waals surface area contributed by atoms with Crippen LogP contribution in [0.25, 0.3) is 33.3 Å². The molecule has 1 aliphatic heterocycles. The van der Waals surface area contributed by atoms with E-state index in [0.717, 1.165) is 58.6 Å². The van der Waals surface area contributed by atoms with Gasteiger partial charge < -0.3 is 15.2 Å². The van der Waals surface area contributed by atoms with Crippen LogP contribution in [0.1, 0.15) is 24.3 Å². The van der Waals surface area contributed by atoms with Crippen molar-refractivity contribution in [2.75, 3.05) is 31.1 Å². The predicted molar refractivity (Wildman–Crippen MR) is 117 cm³/mol. The van der Waals surface area contributed by atoms with Crippen LogP contribution in [0.4, 0.5) is 5.82 Å². The number of hydrogen-bond donors (Lipinski definition) is 2. The molecule has 0 atom stereocenters. The lowest BCUT2D eigenvalue weighted by Crippen LogP contribution is -2.44. The minimum atomic E-state index is 0.591. The van der Waals surface area contributed by atoms with Crippen molar-refractivity contribution in [3.8, 4) is 11.4 Å². The molecule has 4 aromatic heterocycles. The summed E-state index contributed by atoms with van der Waals surface area (Å²) in [4.78, 5) is 24.6. The molecule has 2 fully saturated rings. The van der Waals surface area contributed by atoms with E-state index in [1.807, 2.05) is 24.7 Å². The highest BCUT2D eigenvalue weighted by Gasteiger charge is 2.29. The summed E-state index contributed by atoms with van der Waals surface area (Å²) in [6.45, 7) is 3.82. The lowest BCUT2D eigenvalue weighted by molar-refractivity contribution is 0.586. The van der Waals surface area contributed by atoms with Gasteiger partial charge in [-0.15, -0.1) is 0 Å². The number of aromatic amines is 1. The van der Waals surface area contributed by atoms with E-state index in [0.29, 0.717) is 11.7 Å². The van der Waals surface area contributed by atoms with Gasteiger partial charge in [0.1, 0.15) is 11.5 Å². The largest absolute Gasteiger partial charge is 0.353 e. The Labute approximate surface area is 176 Å². The van der Waals surface area contributed by atoms with Gasteiger partial charge in [0.15, 0.2) is 5.82 Å². The van der Waals surface area contributed by atoms with Gasteiger partial charge in [-0.3, -0.25) is 4.98 Å². The molecule has 4 aromatic rings. The van der Waals surface area contributed by atoms with Gasteiger partial charge in [-0.1, -0.05) is 0 Å². The summed E-state index contributed by atoms with van der Waals surface area (Å²) < 4.78 is 0.966. The van der Waals surface area contributed by atoms with E-state index in [9.17, 15) is 0 Å². The van der Waals surface area contributed by atoms with Crippen molar-refractivity contribution in [2.24, 2.45) is 0 Å². The molecular formula is C21H20BrN7. The summed E-state index contributed by atoms with van der Waals surface area (Å²) in [5.74, 6) is 2.34. The number of piperazine rings is 1. The molecule has 5 heterocycles. The van der Waals surface area contributed by atoms with Crippen LogP contribution in [0.2, 0.25) is 0 Å². The monoisotopic (exact) mass is 449 g/mol. The quantitative estimate of drug-likeness (QED) is 0.496. The van der Waals surface area contributed by atoms with Crippen LogP contribution >= 0.6 is 15.9 Å². The van der Waals surface area contributed by atoms with Crippen LogP contribution in [0, 0.1) is 0 Å². The molecule has 0 unspecified atom stereocenters. The highest BCUT2D eigenvalue weighted by Crippen LogP contribution is 2.45. The number of hydrogen-bond acceptors (Lipinski definition) is 6. The van der Waals surface area contributed by atoms with Gasteiger partial charge in [0, 0.05) is 65.6 Å². The van der Waals surface area contributed by atoms with Gasteiger partial charge in [-0.2, -0.15) is 0 Å². The van der Waals surface area contributed by atoms with Gasteiger partial charge in [-0.05, 0) is 46.3 Å². The minimum Gasteiger partial charge on any atom is -0.353 e. The van der Waals surface area contributed by atoms with Crippen LogP contribution in [0.15, 0.2) is 35.3 Å². The van der Waals surface area contributed by atoms with Gasteiger partial charge in [0.25, 0.3) is 0 Å². The number of rotatable bonds is 3. The van der Waals surface area contributed by atoms with E-state index in [4.69, 9.17) is 9.97 Å². The van der Waals surface area contributed by atoms with E-state index in [-0.39, 0.29) is 0 Å². The van der Waals surface area contributed by atoms with Crippen LogP contribution in [0.3, 0.4) is 0 Å². The van der Waals surface area contributed by atoms with Crippen molar-refractivity contribution in [3.63, 3.8) is 0 Å². The molecule has 0 radical (unpaired) electrons. The highest BCUT2D eigenvalue weighted by atomic mass is 79.9. The molecule has 1 saturated carbocycles. The molecular weight excluding hydrogens is 430 g/mol. The van der Waals surface area contributed by atoms with Crippen LogP contribution in [-0.4, -0.2) is 51.1 Å². The number of nitrogens with zero attached hydrogens (tertiary/aromatic N) is 5. The van der Waals surface area contributed by atoms with Crippen molar-refractivity contribution in [1.29, 1.82) is 0 Å². The summed E-state index contributed by atoms with van der Waals surface area (Å²) in [5, 5.41) is 5.62. The number of pyridine rings is 2. The fraction of sp³-hybridized carbons (Fsp3) is 0.333. The molecule has 0 aromatic carbocycles. The zero-order chi connectivity index (χ0) is 19.4. The molecule has 0 amide bonds. The first kappa shape index (κ1) is 17.3. The molecule has 2 N–H and O–H groups in total. The Kier molecular flexibility index (Phi) is 4.02. The first-order valence-corrected chi connectivity index (χ1v) is 10.8. The third kappa shape index (κ3) is 2.89. The van der Waals surface area contributed by atoms with Crippen LogP contribution in [0.5, 0.6) is 0 Å². The highest BCUT2D eigenvalue weighted by molar-refractivity contribution is 9.10. The van der Waals surface area contributed by atoms with Gasteiger partial charge in [0.2, 0.25) is 0 Å². The van der Waals surface area contributed by atoms with Crippen LogP contribution in [-0.2, 0) is 0 Å². The van der Waals surface area contributed by atoms with Gasteiger partial charge in [-0.25, -0.2) is 15.0 Å². The molecule has 0 spiro atoms. The Bertz CT molecular complexity index is 1220. The minimum absolute atomic E-state index is 0.591. The van der Waals surface area contributed by atoms with E-state index in [2.05, 4.69) is 41.1 Å². The average Bonchev–Trinajstić information content (AvgIpc) is 3.55. The summed E-state index contributed by atoms with van der Waals surface area (Å²) in [6, 6.07) is 1.99. The molecule has 6 rings (SSSR count). The standard InChI is InChI=1S/C21H20BrN7/c22-15-10-26-20-17(15)13(3-4-25-20)19-27-16-11-24-9-14(12-1-2-12)18(16)21(28-19)29-7-5-23-6-8-29/h3-4,9-12,23H,1-2,5-8H2,(H,25,26). The predicted octanol–water partition coefficient (Wildman–Crippen LogP) is 3.62. The third-order valence-corrected chi connectivity index (χ3v) is 6.44. The molecule has 8 heteroatoms. The number of fused-ring (bicyclic) bond motifs is 2. The summed E-state index contributed by atoms with van der Waals surface area (Å²) in [6.07, 6.45) is 10.1. The second kappa shape index (κ2) is 6.74. The topological polar surface area (TPSA) is 82.6 Å². The third-order valence-electron chi connectivity index (χ3n) is 5.82. The Balaban J connectivity index is 1.63. The van der Waals surface area contributed by atoms with Crippen molar-refractivity contribution >= 4 is 43.7 Å². The fourth-order valence-electron chi connectivity index (χ4n) is 4.22. The number of nitrogens with one attached hydrogen (secondary N) is 2. The first-order chi connectivity index (χ1) is 14.3. The number of aromatic nitrogens is 5. The molecule has 1 aliphatic carbocycles. The van der Waals surface area contributed by atoms with E-state index in [1.165, 1.54) is 23.8 Å². The number of halogens is 1. The maximum Gasteiger partial charge on any atom is 0.163 e. The zero-order valence-electron chi connectivity index (χ0n) is 15.8. The van der Waals surface area contributed by atoms with E-state index < -0.39 is 0 Å². The number of H-pyrrole nitrogens is 1. The summed E-state index contributed by atoms with van der Waals surface area (Å²) >= 11 is 3.64. The van der Waals surface area contributed by atoms with Crippen molar-refractivity contribution < 1.29 is 0 Å². The maximum atomic E-state index is 5.13. The Morgan fingerprint density at radius 3 is 2.76 bits per heavy atom. The molecule has 146 valence electrons. The first-order valence-electron chi connectivity index (χ1n) is 10.0. The second-order valence-corrected chi connectivity index (χ2v) is 8.58. The normalized spacial score (nSPS) is 17.3. The smallest absolute Gasteiger partial charge is 0.163 e. The molecule has 0 bridgehead atoms. The SMILES string of the molecule is Brc1c[nH]c2nccc(-c3nc(N4CCNCC4)c4c(C5CC5)cncc4n3)c12. The lowest BCUT2D eigenvalue weighted by atomic mass is 10.1. The van der Waals surface area contributed by atoms with Crippen molar-refractivity contribution in [3.05, 3.63) is 40.9 Å². The lowest BCUT2D eigenvalue weighted by Gasteiger charge is -2.30. The fourth-order valence-corrected chi connectivity index (χ4v) is 4.74. The number of anilines is 1. The van der Waals surface area contributed by atoms with E-state index >= 15 is 0 Å². The van der Waals surface area contributed by atoms with Gasteiger partial charge >= 0.3 is 0 Å². The Hall–Kier alpha value is -2.58. The maximum absolute atomic E-state index is 5.13. The van der Waals surface area contributed by atoms with Gasteiger partial charge in [0.05, 0.1) is 11.7 Å². The zero-order valence-corrected chi connectivity index (χ0v) is 17.4. The van der Waals surface area contributed by atoms with Crippen LogP contribution < -0.4 is 10.2 Å². The molecule has 7 nitrogen and oxygen atoms in total. The molecule has 29 heavy (non-hydrogen) atoms. The van der Waals surface area contributed by atoms with E-state index in [1.54, 1.807) is 6.20 Å². The van der Waals surface area contributed by atoms with Crippen molar-refractivity contribution in [2.45, 2.75) is 18.8 Å². The summed E-state index contributed by atoms with van der Waals surface area (Å²) in [7, 11) is 0. The second-order valence-electron chi connectivity index (χ2n) is 7.72. The molecule has 2 aliphatic rings. The summed E-state index contributed by atoms with van der Waals surface area (Å²) in [5.41, 5.74) is 4.01. The molecule has 1 saturated heterocycles.